The molecule has 2 rings (SSSR count). The molecule has 4 nitrogen and oxygen atoms in total. The van der Waals surface area contributed by atoms with Crippen LogP contribution in [0.4, 0.5) is 5.69 Å². The first-order valence-electron chi connectivity index (χ1n) is 7.71. The van der Waals surface area contributed by atoms with E-state index >= 15 is 0 Å². The number of nitrogens with one attached hydrogen (secondary N) is 1. The van der Waals surface area contributed by atoms with Gasteiger partial charge >= 0.3 is 7.12 Å². The van der Waals surface area contributed by atoms with Gasteiger partial charge in [0.2, 0.25) is 5.91 Å². The van der Waals surface area contributed by atoms with Gasteiger partial charge in [0.1, 0.15) is 5.60 Å². The number of anilines is 1. The summed E-state index contributed by atoms with van der Waals surface area (Å²) in [5, 5.41) is 2.92. The predicted octanol–water partition coefficient (Wildman–Crippen LogP) is 3.10. The summed E-state index contributed by atoms with van der Waals surface area (Å²) in [4.78, 5) is 11.9. The lowest BCUT2D eigenvalue weighted by atomic mass is 9.79. The van der Waals surface area contributed by atoms with Crippen LogP contribution in [0.2, 0.25) is 0 Å². The maximum atomic E-state index is 11.9. The summed E-state index contributed by atoms with van der Waals surface area (Å²) in [6.45, 7) is 11.9. The van der Waals surface area contributed by atoms with E-state index in [9.17, 15) is 4.79 Å². The molecule has 1 heterocycles. The van der Waals surface area contributed by atoms with E-state index in [2.05, 4.69) is 25.7 Å². The third-order valence-electron chi connectivity index (χ3n) is 3.71. The first kappa shape index (κ1) is 16.6. The Morgan fingerprint density at radius 2 is 2.14 bits per heavy atom. The van der Waals surface area contributed by atoms with Crippen LogP contribution in [-0.2, 0) is 14.1 Å². The van der Waals surface area contributed by atoms with E-state index < -0.39 is 12.7 Å². The summed E-state index contributed by atoms with van der Waals surface area (Å²) >= 11 is 0. The van der Waals surface area contributed by atoms with Gasteiger partial charge in [-0.1, -0.05) is 32.6 Å². The van der Waals surface area contributed by atoms with E-state index in [4.69, 9.17) is 9.31 Å². The maximum absolute atomic E-state index is 11.9. The maximum Gasteiger partial charge on any atom is 0.563 e. The number of hydrogen-bond acceptors (Lipinski definition) is 3. The van der Waals surface area contributed by atoms with Crippen molar-refractivity contribution < 1.29 is 14.1 Å². The van der Waals surface area contributed by atoms with Crippen molar-refractivity contribution in [2.24, 2.45) is 5.92 Å². The van der Waals surface area contributed by atoms with E-state index in [-0.39, 0.29) is 5.91 Å². The molecule has 0 aliphatic carbocycles. The second-order valence-electron chi connectivity index (χ2n) is 6.61. The van der Waals surface area contributed by atoms with Crippen molar-refractivity contribution in [3.63, 3.8) is 0 Å². The first-order chi connectivity index (χ1) is 10.3. The monoisotopic (exact) mass is 301 g/mol. The molecule has 1 N–H and O–H groups in total. The number of rotatable bonds is 5. The van der Waals surface area contributed by atoms with Crippen LogP contribution in [-0.4, -0.2) is 18.6 Å². The smallest absolute Gasteiger partial charge is 0.534 e. The second-order valence-corrected chi connectivity index (χ2v) is 6.61. The van der Waals surface area contributed by atoms with Gasteiger partial charge in [-0.3, -0.25) is 4.79 Å². The summed E-state index contributed by atoms with van der Waals surface area (Å²) in [7, 11) is -0.477. The molecule has 0 aromatic heterocycles. The molecule has 1 aliphatic heterocycles. The molecular formula is C17H24BNO3. The Kier molecular flexibility index (Phi) is 4.96. The average Bonchev–Trinajstić information content (AvgIpc) is 2.71. The Labute approximate surface area is 133 Å². The highest BCUT2D eigenvalue weighted by atomic mass is 16.7. The third kappa shape index (κ3) is 4.13. The van der Waals surface area contributed by atoms with Crippen molar-refractivity contribution in [2.45, 2.75) is 46.1 Å². The van der Waals surface area contributed by atoms with Crippen molar-refractivity contribution in [2.75, 3.05) is 5.32 Å². The largest absolute Gasteiger partial charge is 0.563 e. The molecule has 5 heteroatoms. The SMILES string of the molecule is C=C1OB(c2cccc(NC(=O)CCC(C)C)c2)OC1(C)C. The minimum atomic E-state index is -0.499. The molecule has 1 amide bonds. The lowest BCUT2D eigenvalue weighted by Gasteiger charge is -2.15. The standard InChI is InChI=1S/C17H24BNO3/c1-12(2)9-10-16(20)19-15-8-6-7-14(11-15)18-21-13(3)17(4,5)22-18/h6-8,11-12H,3,9-10H2,1-2,4-5H3,(H,19,20). The molecule has 0 unspecified atom stereocenters. The number of benzene rings is 1. The molecule has 0 radical (unpaired) electrons. The predicted molar refractivity (Wildman–Crippen MR) is 89.9 cm³/mol. The van der Waals surface area contributed by atoms with E-state index in [1.54, 1.807) is 0 Å². The molecule has 1 aliphatic rings. The van der Waals surface area contributed by atoms with Gasteiger partial charge in [-0.15, -0.1) is 0 Å². The molecule has 0 bridgehead atoms. The highest BCUT2D eigenvalue weighted by Gasteiger charge is 2.42. The fourth-order valence-electron chi connectivity index (χ4n) is 2.17. The molecular weight excluding hydrogens is 277 g/mol. The Morgan fingerprint density at radius 1 is 1.41 bits per heavy atom. The number of amides is 1. The van der Waals surface area contributed by atoms with Crippen LogP contribution < -0.4 is 10.8 Å². The van der Waals surface area contributed by atoms with E-state index in [1.807, 2.05) is 38.1 Å². The molecule has 1 aromatic carbocycles. The van der Waals surface area contributed by atoms with Crippen LogP contribution in [0.15, 0.2) is 36.6 Å². The zero-order valence-corrected chi connectivity index (χ0v) is 13.8. The minimum Gasteiger partial charge on any atom is -0.534 e. The topological polar surface area (TPSA) is 47.6 Å². The van der Waals surface area contributed by atoms with Gasteiger partial charge in [0, 0.05) is 12.1 Å². The summed E-state index contributed by atoms with van der Waals surface area (Å²) in [6.07, 6.45) is 1.41. The summed E-state index contributed by atoms with van der Waals surface area (Å²) < 4.78 is 11.5. The van der Waals surface area contributed by atoms with Gasteiger partial charge in [-0.05, 0) is 43.8 Å². The van der Waals surface area contributed by atoms with Gasteiger partial charge in [0.25, 0.3) is 0 Å². The molecule has 1 fully saturated rings. The van der Waals surface area contributed by atoms with Crippen molar-refractivity contribution in [3.05, 3.63) is 36.6 Å². The van der Waals surface area contributed by atoms with Crippen LogP contribution in [0.3, 0.4) is 0 Å². The van der Waals surface area contributed by atoms with Gasteiger partial charge < -0.3 is 14.6 Å². The minimum absolute atomic E-state index is 0.0313. The molecule has 1 saturated heterocycles. The lowest BCUT2D eigenvalue weighted by molar-refractivity contribution is -0.116. The molecule has 22 heavy (non-hydrogen) atoms. The van der Waals surface area contributed by atoms with Gasteiger partial charge in [0.05, 0.1) is 5.76 Å². The zero-order valence-electron chi connectivity index (χ0n) is 13.8. The van der Waals surface area contributed by atoms with E-state index in [0.717, 1.165) is 17.6 Å². The van der Waals surface area contributed by atoms with Gasteiger partial charge in [0.15, 0.2) is 0 Å². The second kappa shape index (κ2) is 6.57. The lowest BCUT2D eigenvalue weighted by Crippen LogP contribution is -2.34. The van der Waals surface area contributed by atoms with Crippen LogP contribution in [0.5, 0.6) is 0 Å². The summed E-state index contributed by atoms with van der Waals surface area (Å²) in [6, 6.07) is 7.55. The Hall–Kier alpha value is -1.75. The van der Waals surface area contributed by atoms with E-state index in [1.165, 1.54) is 0 Å². The molecule has 0 atom stereocenters. The quantitative estimate of drug-likeness (QED) is 0.850. The molecule has 118 valence electrons. The van der Waals surface area contributed by atoms with Crippen molar-refractivity contribution in [1.29, 1.82) is 0 Å². The molecule has 1 aromatic rings. The Morgan fingerprint density at radius 3 is 2.73 bits per heavy atom. The van der Waals surface area contributed by atoms with Crippen LogP contribution in [0.25, 0.3) is 0 Å². The van der Waals surface area contributed by atoms with Gasteiger partial charge in [-0.25, -0.2) is 0 Å². The first-order valence-corrected chi connectivity index (χ1v) is 7.71. The van der Waals surface area contributed by atoms with Crippen molar-refractivity contribution >= 4 is 24.2 Å². The number of hydrogen-bond donors (Lipinski definition) is 1. The highest BCUT2D eigenvalue weighted by Crippen LogP contribution is 2.29. The summed E-state index contributed by atoms with van der Waals surface area (Å²) in [5.74, 6) is 1.17. The van der Waals surface area contributed by atoms with Crippen molar-refractivity contribution in [3.8, 4) is 0 Å². The third-order valence-corrected chi connectivity index (χ3v) is 3.71. The fraction of sp³-hybridized carbons (Fsp3) is 0.471. The Balaban J connectivity index is 2.02. The van der Waals surface area contributed by atoms with Crippen molar-refractivity contribution in [1.82, 2.24) is 0 Å². The van der Waals surface area contributed by atoms with Gasteiger partial charge in [-0.2, -0.15) is 0 Å². The molecule has 0 saturated carbocycles. The summed E-state index contributed by atoms with van der Waals surface area (Å²) in [5.41, 5.74) is 1.13. The highest BCUT2D eigenvalue weighted by molar-refractivity contribution is 6.62. The molecule has 0 spiro atoms. The van der Waals surface area contributed by atoms with E-state index in [0.29, 0.717) is 18.1 Å². The van der Waals surface area contributed by atoms with Crippen LogP contribution >= 0.6 is 0 Å². The zero-order chi connectivity index (χ0) is 16.3. The normalized spacial score (nSPS) is 16.8. The Bertz CT molecular complexity index is 569. The average molecular weight is 301 g/mol. The van der Waals surface area contributed by atoms with Crippen LogP contribution in [0, 0.1) is 5.92 Å². The van der Waals surface area contributed by atoms with Crippen LogP contribution in [0.1, 0.15) is 40.5 Å². The number of carbonyl (C=O) groups is 1. The fourth-order valence-corrected chi connectivity index (χ4v) is 2.17. The number of carbonyl (C=O) groups excluding carboxylic acids is 1.